The molecule has 2 aliphatic rings. The minimum Gasteiger partial charge on any atom is -0.494 e. The monoisotopic (exact) mass is 445 g/mol. The largest absolute Gasteiger partial charge is 0.494 e. The first-order valence-corrected chi connectivity index (χ1v) is 12.5. The fourth-order valence-corrected chi connectivity index (χ4v) is 5.51. The topological polar surface area (TPSA) is 47.4 Å². The summed E-state index contributed by atoms with van der Waals surface area (Å²) in [5, 5.41) is 0. The highest BCUT2D eigenvalue weighted by Gasteiger charge is 2.37. The van der Waals surface area contributed by atoms with Gasteiger partial charge in [-0.15, -0.1) is 0 Å². The Kier molecular flexibility index (Phi) is 6.39. The summed E-state index contributed by atoms with van der Waals surface area (Å²) in [6, 6.07) is 15.0. The average molecular weight is 446 g/mol. The minimum atomic E-state index is 0.174. The number of nitrogens with zero attached hydrogens (tertiary/aromatic N) is 3. The second-order valence-electron chi connectivity index (χ2n) is 9.80. The fourth-order valence-electron chi connectivity index (χ4n) is 5.51. The maximum atomic E-state index is 12.9. The number of para-hydroxylation sites is 2. The Bertz CT molecular complexity index is 1130. The van der Waals surface area contributed by atoms with Crippen molar-refractivity contribution < 1.29 is 9.53 Å². The maximum Gasteiger partial charge on any atom is 0.223 e. The molecule has 5 nitrogen and oxygen atoms in total. The molecule has 5 heteroatoms. The van der Waals surface area contributed by atoms with Crippen LogP contribution in [0.3, 0.4) is 0 Å². The second kappa shape index (κ2) is 9.58. The SMILES string of the molecule is Cc1ccc(OCCCn2c(C3CC(=O)N(C4CCCCC4)C3)nc3ccccc32)cc1C. The molecule has 1 aliphatic carbocycles. The molecule has 2 aromatic carbocycles. The van der Waals surface area contributed by atoms with Crippen LogP contribution < -0.4 is 4.74 Å². The molecule has 1 unspecified atom stereocenters. The molecule has 5 rings (SSSR count). The zero-order valence-corrected chi connectivity index (χ0v) is 19.9. The predicted molar refractivity (Wildman–Crippen MR) is 132 cm³/mol. The number of likely N-dealkylation sites (tertiary alicyclic amines) is 1. The normalized spacial score (nSPS) is 19.5. The number of aryl methyl sites for hydroxylation is 3. The van der Waals surface area contributed by atoms with Gasteiger partial charge in [0.1, 0.15) is 11.6 Å². The van der Waals surface area contributed by atoms with Gasteiger partial charge in [0, 0.05) is 31.5 Å². The van der Waals surface area contributed by atoms with E-state index in [1.54, 1.807) is 0 Å². The molecule has 1 atom stereocenters. The average Bonchev–Trinajstić information content (AvgIpc) is 3.40. The number of carbonyl (C=O) groups is 1. The number of fused-ring (bicyclic) bond motifs is 1. The van der Waals surface area contributed by atoms with Crippen LogP contribution in [0.5, 0.6) is 5.75 Å². The third-order valence-corrected chi connectivity index (χ3v) is 7.50. The Morgan fingerprint density at radius 1 is 1.03 bits per heavy atom. The standard InChI is InChI=1S/C28H35N3O2/c1-20-13-14-24(17-21(20)2)33-16-8-15-30-26-12-7-6-11-25(26)29-28(30)22-18-27(32)31(19-22)23-9-4-3-5-10-23/h6-7,11-14,17,22-23H,3-5,8-10,15-16,18-19H2,1-2H3. The van der Waals surface area contributed by atoms with Crippen molar-refractivity contribution in [3.05, 3.63) is 59.4 Å². The third-order valence-electron chi connectivity index (χ3n) is 7.50. The van der Waals surface area contributed by atoms with E-state index in [0.717, 1.165) is 55.0 Å². The number of carbonyl (C=O) groups excluding carboxylic acids is 1. The van der Waals surface area contributed by atoms with Crippen LogP contribution in [-0.4, -0.2) is 39.6 Å². The molecule has 0 radical (unpaired) electrons. The van der Waals surface area contributed by atoms with Crippen molar-refractivity contribution >= 4 is 16.9 Å². The van der Waals surface area contributed by atoms with E-state index in [1.165, 1.54) is 30.4 Å². The van der Waals surface area contributed by atoms with Crippen molar-refractivity contribution in [1.82, 2.24) is 14.5 Å². The van der Waals surface area contributed by atoms with E-state index in [4.69, 9.17) is 9.72 Å². The lowest BCUT2D eigenvalue weighted by Crippen LogP contribution is -2.37. The van der Waals surface area contributed by atoms with Gasteiger partial charge in [0.15, 0.2) is 0 Å². The second-order valence-corrected chi connectivity index (χ2v) is 9.80. The van der Waals surface area contributed by atoms with Crippen molar-refractivity contribution in [2.75, 3.05) is 13.2 Å². The summed E-state index contributed by atoms with van der Waals surface area (Å²) < 4.78 is 8.37. The first-order valence-electron chi connectivity index (χ1n) is 12.5. The van der Waals surface area contributed by atoms with E-state index in [9.17, 15) is 4.79 Å². The zero-order valence-electron chi connectivity index (χ0n) is 19.9. The van der Waals surface area contributed by atoms with Gasteiger partial charge in [-0.3, -0.25) is 4.79 Å². The van der Waals surface area contributed by atoms with Crippen LogP contribution in [0, 0.1) is 13.8 Å². The van der Waals surface area contributed by atoms with E-state index in [-0.39, 0.29) is 5.92 Å². The number of aromatic nitrogens is 2. The summed E-state index contributed by atoms with van der Waals surface area (Å²) in [6.45, 7) is 6.55. The molecule has 2 fully saturated rings. The number of rotatable bonds is 7. The molecule has 1 aromatic heterocycles. The quantitative estimate of drug-likeness (QED) is 0.434. The number of benzene rings is 2. The Hall–Kier alpha value is -2.82. The minimum absolute atomic E-state index is 0.174. The fraction of sp³-hybridized carbons (Fsp3) is 0.500. The summed E-state index contributed by atoms with van der Waals surface area (Å²) in [6.07, 6.45) is 7.60. The number of hydrogen-bond acceptors (Lipinski definition) is 3. The van der Waals surface area contributed by atoms with E-state index in [0.29, 0.717) is 25.0 Å². The molecule has 1 aliphatic heterocycles. The number of ether oxygens (including phenoxy) is 1. The van der Waals surface area contributed by atoms with Crippen molar-refractivity contribution in [3.63, 3.8) is 0 Å². The van der Waals surface area contributed by atoms with Crippen molar-refractivity contribution in [2.45, 2.75) is 77.3 Å². The molecular formula is C28H35N3O2. The smallest absolute Gasteiger partial charge is 0.223 e. The first-order chi connectivity index (χ1) is 16.1. The zero-order chi connectivity index (χ0) is 22.8. The number of amides is 1. The Labute approximate surface area is 196 Å². The predicted octanol–water partition coefficient (Wildman–Crippen LogP) is 5.77. The molecule has 1 saturated heterocycles. The van der Waals surface area contributed by atoms with E-state index >= 15 is 0 Å². The highest BCUT2D eigenvalue weighted by molar-refractivity contribution is 5.81. The van der Waals surface area contributed by atoms with Crippen LogP contribution in [0.15, 0.2) is 42.5 Å². The Morgan fingerprint density at radius 3 is 2.67 bits per heavy atom. The molecule has 174 valence electrons. The lowest BCUT2D eigenvalue weighted by Gasteiger charge is -2.31. The van der Waals surface area contributed by atoms with Crippen LogP contribution in [0.25, 0.3) is 11.0 Å². The van der Waals surface area contributed by atoms with Gasteiger partial charge in [-0.05, 0) is 68.5 Å². The molecule has 0 N–H and O–H groups in total. The highest BCUT2D eigenvalue weighted by atomic mass is 16.5. The lowest BCUT2D eigenvalue weighted by atomic mass is 9.94. The van der Waals surface area contributed by atoms with E-state index in [2.05, 4.69) is 53.6 Å². The van der Waals surface area contributed by atoms with Gasteiger partial charge in [0.25, 0.3) is 0 Å². The third kappa shape index (κ3) is 4.64. The molecule has 2 heterocycles. The summed E-state index contributed by atoms with van der Waals surface area (Å²) in [5.41, 5.74) is 4.71. The van der Waals surface area contributed by atoms with Crippen LogP contribution >= 0.6 is 0 Å². The molecule has 0 spiro atoms. The summed E-state index contributed by atoms with van der Waals surface area (Å²) in [4.78, 5) is 20.1. The molecular weight excluding hydrogens is 410 g/mol. The Balaban J connectivity index is 1.30. The van der Waals surface area contributed by atoms with Crippen molar-refractivity contribution in [3.8, 4) is 5.75 Å². The van der Waals surface area contributed by atoms with E-state index < -0.39 is 0 Å². The van der Waals surface area contributed by atoms with Gasteiger partial charge >= 0.3 is 0 Å². The van der Waals surface area contributed by atoms with Gasteiger partial charge in [-0.2, -0.15) is 0 Å². The van der Waals surface area contributed by atoms with Crippen LogP contribution in [0.4, 0.5) is 0 Å². The van der Waals surface area contributed by atoms with Crippen LogP contribution in [0.2, 0.25) is 0 Å². The van der Waals surface area contributed by atoms with Crippen molar-refractivity contribution in [2.24, 2.45) is 0 Å². The highest BCUT2D eigenvalue weighted by Crippen LogP contribution is 2.34. The summed E-state index contributed by atoms with van der Waals surface area (Å²) in [7, 11) is 0. The lowest BCUT2D eigenvalue weighted by molar-refractivity contribution is -0.130. The number of hydrogen-bond donors (Lipinski definition) is 0. The summed E-state index contributed by atoms with van der Waals surface area (Å²) in [5.74, 6) is 2.48. The van der Waals surface area contributed by atoms with Gasteiger partial charge in [0.2, 0.25) is 5.91 Å². The molecule has 0 bridgehead atoms. The van der Waals surface area contributed by atoms with Gasteiger partial charge in [-0.1, -0.05) is 37.5 Å². The molecule has 33 heavy (non-hydrogen) atoms. The number of imidazole rings is 1. The van der Waals surface area contributed by atoms with Gasteiger partial charge in [0.05, 0.1) is 17.6 Å². The molecule has 3 aromatic rings. The van der Waals surface area contributed by atoms with E-state index in [1.807, 2.05) is 12.1 Å². The molecule has 1 amide bonds. The first kappa shape index (κ1) is 22.0. The van der Waals surface area contributed by atoms with Crippen LogP contribution in [0.1, 0.15) is 67.8 Å². The van der Waals surface area contributed by atoms with Gasteiger partial charge in [-0.25, -0.2) is 4.98 Å². The van der Waals surface area contributed by atoms with Gasteiger partial charge < -0.3 is 14.2 Å². The Morgan fingerprint density at radius 2 is 1.85 bits per heavy atom. The maximum absolute atomic E-state index is 12.9. The summed E-state index contributed by atoms with van der Waals surface area (Å²) >= 11 is 0. The molecule has 1 saturated carbocycles. The van der Waals surface area contributed by atoms with Crippen molar-refractivity contribution in [1.29, 1.82) is 0 Å². The van der Waals surface area contributed by atoms with Crippen LogP contribution in [-0.2, 0) is 11.3 Å².